The van der Waals surface area contributed by atoms with Gasteiger partial charge >= 0.3 is 7.12 Å². The SMILES string of the molecule is CC1(C)OB(c2cc(O)cc(CN)c2)OC1(C)C. The van der Waals surface area contributed by atoms with Crippen LogP contribution in [-0.2, 0) is 15.9 Å². The summed E-state index contributed by atoms with van der Waals surface area (Å²) in [5.41, 5.74) is 6.50. The van der Waals surface area contributed by atoms with Gasteiger partial charge in [0.05, 0.1) is 11.2 Å². The molecule has 0 amide bonds. The van der Waals surface area contributed by atoms with Crippen molar-refractivity contribution in [3.63, 3.8) is 0 Å². The Morgan fingerprint density at radius 1 is 1.11 bits per heavy atom. The van der Waals surface area contributed by atoms with Gasteiger partial charge in [-0.1, -0.05) is 6.07 Å². The number of nitrogens with two attached hydrogens (primary N) is 1. The second kappa shape index (κ2) is 4.26. The van der Waals surface area contributed by atoms with Gasteiger partial charge in [0.1, 0.15) is 5.75 Å². The van der Waals surface area contributed by atoms with E-state index in [2.05, 4.69) is 0 Å². The summed E-state index contributed by atoms with van der Waals surface area (Å²) in [6, 6.07) is 5.21. The Kier molecular flexibility index (Phi) is 3.17. The maximum Gasteiger partial charge on any atom is 0.494 e. The van der Waals surface area contributed by atoms with Crippen LogP contribution >= 0.6 is 0 Å². The van der Waals surface area contributed by atoms with Crippen molar-refractivity contribution in [3.8, 4) is 5.75 Å². The van der Waals surface area contributed by atoms with E-state index in [0.717, 1.165) is 11.0 Å². The third kappa shape index (κ3) is 2.26. The van der Waals surface area contributed by atoms with E-state index in [1.807, 2.05) is 33.8 Å². The highest BCUT2D eigenvalue weighted by Crippen LogP contribution is 2.36. The van der Waals surface area contributed by atoms with Crippen molar-refractivity contribution in [2.45, 2.75) is 45.4 Å². The van der Waals surface area contributed by atoms with Crippen LogP contribution in [-0.4, -0.2) is 23.4 Å². The Balaban J connectivity index is 2.32. The zero-order valence-electron chi connectivity index (χ0n) is 11.4. The predicted octanol–water partition coefficient (Wildman–Crippen LogP) is 1.15. The summed E-state index contributed by atoms with van der Waals surface area (Å²) < 4.78 is 11.9. The number of rotatable bonds is 2. The molecule has 2 rings (SSSR count). The van der Waals surface area contributed by atoms with Gasteiger partial charge in [0, 0.05) is 6.54 Å². The molecule has 1 aromatic rings. The van der Waals surface area contributed by atoms with Gasteiger partial charge in [-0.15, -0.1) is 0 Å². The molecule has 5 heteroatoms. The van der Waals surface area contributed by atoms with Crippen molar-refractivity contribution in [2.75, 3.05) is 0 Å². The molecule has 0 radical (unpaired) electrons. The van der Waals surface area contributed by atoms with Gasteiger partial charge in [-0.05, 0) is 50.9 Å². The number of hydrogen-bond acceptors (Lipinski definition) is 4. The molecule has 98 valence electrons. The summed E-state index contributed by atoms with van der Waals surface area (Å²) in [4.78, 5) is 0. The lowest BCUT2D eigenvalue weighted by Crippen LogP contribution is -2.41. The third-order valence-corrected chi connectivity index (χ3v) is 3.76. The third-order valence-electron chi connectivity index (χ3n) is 3.76. The Bertz CT molecular complexity index is 444. The largest absolute Gasteiger partial charge is 0.508 e. The van der Waals surface area contributed by atoms with Crippen LogP contribution in [0, 0.1) is 0 Å². The molecule has 0 bridgehead atoms. The Hall–Kier alpha value is -1.04. The molecule has 1 aliphatic heterocycles. The lowest BCUT2D eigenvalue weighted by atomic mass is 9.78. The molecule has 1 heterocycles. The Morgan fingerprint density at radius 2 is 1.67 bits per heavy atom. The van der Waals surface area contributed by atoms with Gasteiger partial charge in [-0.3, -0.25) is 0 Å². The molecule has 3 N–H and O–H groups in total. The smallest absolute Gasteiger partial charge is 0.494 e. The molecule has 0 atom stereocenters. The average molecular weight is 249 g/mol. The van der Waals surface area contributed by atoms with Gasteiger partial charge in [0.15, 0.2) is 0 Å². The van der Waals surface area contributed by atoms with Crippen LogP contribution in [0.4, 0.5) is 0 Å². The molecule has 0 aliphatic carbocycles. The summed E-state index contributed by atoms with van der Waals surface area (Å²) in [5.74, 6) is 0.183. The van der Waals surface area contributed by atoms with E-state index in [-0.39, 0.29) is 17.0 Å². The molecular formula is C13H20BNO3. The molecule has 0 unspecified atom stereocenters. The molecule has 1 saturated heterocycles. The van der Waals surface area contributed by atoms with Crippen molar-refractivity contribution < 1.29 is 14.4 Å². The molecule has 0 saturated carbocycles. The number of aromatic hydroxyl groups is 1. The molecule has 1 fully saturated rings. The standard InChI is InChI=1S/C13H20BNO3/c1-12(2)13(3,4)18-14(17-12)10-5-9(8-15)6-11(16)7-10/h5-7,16H,8,15H2,1-4H3. The molecule has 0 spiro atoms. The first kappa shape index (κ1) is 13.4. The summed E-state index contributed by atoms with van der Waals surface area (Å²) in [7, 11) is -0.465. The monoisotopic (exact) mass is 249 g/mol. The number of hydrogen-bond donors (Lipinski definition) is 2. The average Bonchev–Trinajstić information content (AvgIpc) is 2.47. The lowest BCUT2D eigenvalue weighted by Gasteiger charge is -2.32. The van der Waals surface area contributed by atoms with Crippen molar-refractivity contribution in [3.05, 3.63) is 23.8 Å². The summed E-state index contributed by atoms with van der Waals surface area (Å²) >= 11 is 0. The Labute approximate surface area is 108 Å². The van der Waals surface area contributed by atoms with Crippen LogP contribution in [0.1, 0.15) is 33.3 Å². The predicted molar refractivity (Wildman–Crippen MR) is 71.7 cm³/mol. The highest BCUT2D eigenvalue weighted by atomic mass is 16.7. The second-order valence-electron chi connectivity index (χ2n) is 5.73. The van der Waals surface area contributed by atoms with Crippen LogP contribution < -0.4 is 11.2 Å². The van der Waals surface area contributed by atoms with Crippen molar-refractivity contribution >= 4 is 12.6 Å². The minimum atomic E-state index is -0.465. The minimum Gasteiger partial charge on any atom is -0.508 e. The molecule has 0 aromatic heterocycles. The van der Waals surface area contributed by atoms with Crippen LogP contribution in [0.2, 0.25) is 0 Å². The van der Waals surface area contributed by atoms with Crippen molar-refractivity contribution in [1.82, 2.24) is 0 Å². The quantitative estimate of drug-likeness (QED) is 0.771. The highest BCUT2D eigenvalue weighted by molar-refractivity contribution is 6.62. The zero-order chi connectivity index (χ0) is 13.6. The van der Waals surface area contributed by atoms with Crippen molar-refractivity contribution in [1.29, 1.82) is 0 Å². The molecule has 4 nitrogen and oxygen atoms in total. The molecule has 1 aliphatic rings. The van der Waals surface area contributed by atoms with Crippen LogP contribution in [0.5, 0.6) is 5.75 Å². The summed E-state index contributed by atoms with van der Waals surface area (Å²) in [5, 5.41) is 9.68. The van der Waals surface area contributed by atoms with Gasteiger partial charge < -0.3 is 20.1 Å². The molecule has 18 heavy (non-hydrogen) atoms. The van der Waals surface area contributed by atoms with Gasteiger partial charge in [0.25, 0.3) is 0 Å². The van der Waals surface area contributed by atoms with Gasteiger partial charge in [-0.25, -0.2) is 0 Å². The summed E-state index contributed by atoms with van der Waals surface area (Å²) in [6.45, 7) is 8.37. The first-order chi connectivity index (χ1) is 8.25. The first-order valence-corrected chi connectivity index (χ1v) is 6.14. The van der Waals surface area contributed by atoms with E-state index >= 15 is 0 Å². The second-order valence-corrected chi connectivity index (χ2v) is 5.73. The van der Waals surface area contributed by atoms with E-state index in [9.17, 15) is 5.11 Å². The normalized spacial score (nSPS) is 21.3. The molecular weight excluding hydrogens is 229 g/mol. The molecule has 1 aromatic carbocycles. The first-order valence-electron chi connectivity index (χ1n) is 6.14. The van der Waals surface area contributed by atoms with E-state index < -0.39 is 7.12 Å². The van der Waals surface area contributed by atoms with E-state index in [1.165, 1.54) is 0 Å². The van der Waals surface area contributed by atoms with E-state index in [4.69, 9.17) is 15.0 Å². The summed E-state index contributed by atoms with van der Waals surface area (Å²) in [6.07, 6.45) is 0. The number of phenols is 1. The highest BCUT2D eigenvalue weighted by Gasteiger charge is 2.51. The fraction of sp³-hybridized carbons (Fsp3) is 0.538. The van der Waals surface area contributed by atoms with Crippen LogP contribution in [0.25, 0.3) is 0 Å². The topological polar surface area (TPSA) is 64.7 Å². The van der Waals surface area contributed by atoms with Gasteiger partial charge in [0.2, 0.25) is 0 Å². The fourth-order valence-corrected chi connectivity index (χ4v) is 1.93. The maximum absolute atomic E-state index is 9.68. The zero-order valence-corrected chi connectivity index (χ0v) is 11.4. The van der Waals surface area contributed by atoms with E-state index in [1.54, 1.807) is 12.1 Å². The maximum atomic E-state index is 9.68. The van der Waals surface area contributed by atoms with Crippen molar-refractivity contribution in [2.24, 2.45) is 5.73 Å². The van der Waals surface area contributed by atoms with Crippen LogP contribution in [0.3, 0.4) is 0 Å². The van der Waals surface area contributed by atoms with E-state index in [0.29, 0.717) is 6.54 Å². The lowest BCUT2D eigenvalue weighted by molar-refractivity contribution is 0.00578. The number of phenolic OH excluding ortho intramolecular Hbond substituents is 1. The van der Waals surface area contributed by atoms with Gasteiger partial charge in [-0.2, -0.15) is 0 Å². The Morgan fingerprint density at radius 3 is 2.17 bits per heavy atom. The fourth-order valence-electron chi connectivity index (χ4n) is 1.93. The number of benzene rings is 1. The van der Waals surface area contributed by atoms with Crippen LogP contribution in [0.15, 0.2) is 18.2 Å². The minimum absolute atomic E-state index is 0.183.